The van der Waals surface area contributed by atoms with Crippen LogP contribution in [0.4, 0.5) is 8.78 Å². The van der Waals surface area contributed by atoms with Gasteiger partial charge in [0.1, 0.15) is 11.6 Å². The van der Waals surface area contributed by atoms with Crippen molar-refractivity contribution in [3.63, 3.8) is 0 Å². The Bertz CT molecular complexity index is 518. The zero-order chi connectivity index (χ0) is 12.3. The highest BCUT2D eigenvalue weighted by atomic mass is 32.2. The lowest BCUT2D eigenvalue weighted by Crippen LogP contribution is -2.06. The van der Waals surface area contributed by atoms with Crippen molar-refractivity contribution < 1.29 is 21.9 Å². The highest BCUT2D eigenvalue weighted by Crippen LogP contribution is 2.30. The van der Waals surface area contributed by atoms with Crippen LogP contribution in [0.3, 0.4) is 0 Å². The smallest absolute Gasteiger partial charge is 0.388 e. The average molecular weight is 268 g/mol. The maximum Gasteiger partial charge on any atom is 0.388 e. The third kappa shape index (κ3) is 2.45. The second kappa shape index (κ2) is 4.71. The van der Waals surface area contributed by atoms with E-state index in [1.54, 1.807) is 0 Å². The maximum atomic E-state index is 11.9. The Morgan fingerprint density at radius 3 is 2.69 bits per heavy atom. The van der Waals surface area contributed by atoms with Crippen molar-refractivity contribution in [2.75, 3.05) is 5.75 Å². The molecule has 1 aromatic rings. The number of rotatable bonds is 4. The summed E-state index contributed by atoms with van der Waals surface area (Å²) in [6, 6.07) is 1.50. The van der Waals surface area contributed by atoms with Crippen LogP contribution in [0.2, 0.25) is 0 Å². The molecule has 0 aliphatic rings. The highest BCUT2D eigenvalue weighted by Gasteiger charge is 2.26. The van der Waals surface area contributed by atoms with Crippen LogP contribution in [-0.2, 0) is 9.84 Å². The predicted molar refractivity (Wildman–Crippen MR) is 51.2 cm³/mol. The minimum atomic E-state index is -3.65. The fourth-order valence-electron chi connectivity index (χ4n) is 0.863. The number of nitrogens with zero attached hydrogens (tertiary/aromatic N) is 2. The highest BCUT2D eigenvalue weighted by molar-refractivity contribution is 7.93. The topological polar surface area (TPSA) is 80.1 Å². The minimum Gasteiger partial charge on any atom is -0.414 e. The monoisotopic (exact) mass is 268 g/mol. The van der Waals surface area contributed by atoms with Crippen molar-refractivity contribution in [3.05, 3.63) is 5.56 Å². The molecule has 0 amide bonds. The summed E-state index contributed by atoms with van der Waals surface area (Å²) in [4.78, 5) is 0. The van der Waals surface area contributed by atoms with E-state index in [9.17, 15) is 17.2 Å². The summed E-state index contributed by atoms with van der Waals surface area (Å²) in [5.74, 6) is -0.882. The molecule has 0 bridgehead atoms. The van der Waals surface area contributed by atoms with Gasteiger partial charge in [0.2, 0.25) is 5.88 Å². The molecule has 0 fully saturated rings. The molecular weight excluding hydrogens is 262 g/mol. The number of halogens is 2. The first kappa shape index (κ1) is 12.8. The van der Waals surface area contributed by atoms with Gasteiger partial charge in [-0.1, -0.05) is 6.92 Å². The molecule has 0 saturated heterocycles. The van der Waals surface area contributed by atoms with E-state index in [2.05, 4.69) is 9.11 Å². The lowest BCUT2D eigenvalue weighted by Gasteiger charge is -2.00. The number of nitriles is 1. The lowest BCUT2D eigenvalue weighted by atomic mass is 10.4. The second-order valence-corrected chi connectivity index (χ2v) is 5.79. The van der Waals surface area contributed by atoms with Gasteiger partial charge in [-0.25, -0.2) is 8.42 Å². The summed E-state index contributed by atoms with van der Waals surface area (Å²) >= 11 is 0.455. The predicted octanol–water partition coefficient (Wildman–Crippen LogP) is 1.41. The van der Waals surface area contributed by atoms with Gasteiger partial charge < -0.3 is 4.74 Å². The Kier molecular flexibility index (Phi) is 3.77. The molecule has 0 unspecified atom stereocenters. The van der Waals surface area contributed by atoms with Gasteiger partial charge in [0.05, 0.1) is 5.75 Å². The van der Waals surface area contributed by atoms with Crippen LogP contribution in [0.1, 0.15) is 12.5 Å². The SMILES string of the molecule is CCS(=O)(=O)c1snc(OC(F)F)c1C#N. The largest absolute Gasteiger partial charge is 0.414 e. The summed E-state index contributed by atoms with van der Waals surface area (Å²) in [7, 11) is -3.65. The Morgan fingerprint density at radius 1 is 1.62 bits per heavy atom. The van der Waals surface area contributed by atoms with Crippen molar-refractivity contribution in [3.8, 4) is 11.9 Å². The molecular formula is C7H6F2N2O3S2. The van der Waals surface area contributed by atoms with E-state index in [0.29, 0.717) is 11.5 Å². The van der Waals surface area contributed by atoms with Gasteiger partial charge in [-0.05, 0) is 11.5 Å². The van der Waals surface area contributed by atoms with Gasteiger partial charge in [0.15, 0.2) is 14.0 Å². The molecule has 0 aliphatic heterocycles. The standard InChI is InChI=1S/C7H6F2N2O3S2/c1-2-16(12,13)6-4(3-10)5(11-15-6)14-7(8)9/h7H,2H2,1H3. The normalized spacial score (nSPS) is 11.4. The van der Waals surface area contributed by atoms with Crippen molar-refractivity contribution in [2.24, 2.45) is 0 Å². The number of ether oxygens (including phenoxy) is 1. The Hall–Kier alpha value is -1.27. The molecule has 0 saturated carbocycles. The van der Waals surface area contributed by atoms with Crippen LogP contribution in [0.25, 0.3) is 0 Å². The summed E-state index contributed by atoms with van der Waals surface area (Å²) in [6.45, 7) is -1.77. The Morgan fingerprint density at radius 2 is 2.25 bits per heavy atom. The summed E-state index contributed by atoms with van der Waals surface area (Å²) in [6.07, 6.45) is 0. The van der Waals surface area contributed by atoms with E-state index in [-0.39, 0.29) is 9.96 Å². The molecule has 1 aromatic heterocycles. The fraction of sp³-hybridized carbons (Fsp3) is 0.429. The van der Waals surface area contributed by atoms with Crippen LogP contribution in [0, 0.1) is 11.3 Å². The molecule has 16 heavy (non-hydrogen) atoms. The molecule has 5 nitrogen and oxygen atoms in total. The molecule has 0 aromatic carbocycles. The van der Waals surface area contributed by atoms with E-state index >= 15 is 0 Å². The molecule has 1 heterocycles. The van der Waals surface area contributed by atoms with Crippen LogP contribution >= 0.6 is 11.5 Å². The number of hydrogen-bond donors (Lipinski definition) is 0. The van der Waals surface area contributed by atoms with E-state index < -0.39 is 27.9 Å². The summed E-state index contributed by atoms with van der Waals surface area (Å²) < 4.78 is 53.7. The van der Waals surface area contributed by atoms with Crippen LogP contribution in [-0.4, -0.2) is 25.2 Å². The van der Waals surface area contributed by atoms with E-state index in [0.717, 1.165) is 0 Å². The first-order chi connectivity index (χ1) is 7.42. The molecule has 0 aliphatic carbocycles. The van der Waals surface area contributed by atoms with Gasteiger partial charge in [-0.2, -0.15) is 18.4 Å². The molecule has 0 atom stereocenters. The van der Waals surface area contributed by atoms with Crippen LogP contribution in [0.5, 0.6) is 5.88 Å². The van der Waals surface area contributed by atoms with Crippen molar-refractivity contribution in [1.29, 1.82) is 5.26 Å². The van der Waals surface area contributed by atoms with E-state index in [1.807, 2.05) is 0 Å². The van der Waals surface area contributed by atoms with Gasteiger partial charge in [-0.3, -0.25) is 0 Å². The number of sulfone groups is 1. The summed E-state index contributed by atoms with van der Waals surface area (Å²) in [5.41, 5.74) is -0.466. The van der Waals surface area contributed by atoms with Gasteiger partial charge in [-0.15, -0.1) is 0 Å². The van der Waals surface area contributed by atoms with Gasteiger partial charge in [0.25, 0.3) is 0 Å². The lowest BCUT2D eigenvalue weighted by molar-refractivity contribution is -0.0525. The maximum absolute atomic E-state index is 11.9. The van der Waals surface area contributed by atoms with Gasteiger partial charge in [0, 0.05) is 0 Å². The minimum absolute atomic E-state index is 0.238. The zero-order valence-corrected chi connectivity index (χ0v) is 9.61. The first-order valence-electron chi connectivity index (χ1n) is 3.99. The molecule has 88 valence electrons. The quantitative estimate of drug-likeness (QED) is 0.824. The molecule has 0 radical (unpaired) electrons. The molecule has 0 spiro atoms. The molecule has 0 N–H and O–H groups in total. The molecule has 1 rings (SSSR count). The number of hydrogen-bond acceptors (Lipinski definition) is 6. The van der Waals surface area contributed by atoms with Crippen molar-refractivity contribution >= 4 is 21.4 Å². The number of aromatic nitrogens is 1. The zero-order valence-electron chi connectivity index (χ0n) is 7.98. The van der Waals surface area contributed by atoms with Crippen molar-refractivity contribution in [1.82, 2.24) is 4.37 Å². The third-order valence-corrected chi connectivity index (χ3v) is 4.75. The van der Waals surface area contributed by atoms with Gasteiger partial charge >= 0.3 is 6.61 Å². The van der Waals surface area contributed by atoms with E-state index in [4.69, 9.17) is 5.26 Å². The average Bonchev–Trinajstić information content (AvgIpc) is 2.60. The third-order valence-electron chi connectivity index (χ3n) is 1.60. The first-order valence-corrected chi connectivity index (χ1v) is 6.42. The Labute approximate surface area is 94.4 Å². The fourth-order valence-corrected chi connectivity index (χ4v) is 3.01. The van der Waals surface area contributed by atoms with E-state index in [1.165, 1.54) is 13.0 Å². The van der Waals surface area contributed by atoms with Crippen molar-refractivity contribution in [2.45, 2.75) is 17.7 Å². The summed E-state index contributed by atoms with van der Waals surface area (Å²) in [5, 5.41) is 8.69. The van der Waals surface area contributed by atoms with Crippen LogP contribution < -0.4 is 4.74 Å². The molecule has 9 heteroatoms. The second-order valence-electron chi connectivity index (χ2n) is 2.54. The number of alkyl halides is 2. The van der Waals surface area contributed by atoms with Crippen LogP contribution in [0.15, 0.2) is 4.21 Å². The Balaban J connectivity index is 3.26.